The maximum Gasteiger partial charge on any atom is 0.455 e. The fourth-order valence-corrected chi connectivity index (χ4v) is 1.96. The predicted molar refractivity (Wildman–Crippen MR) is 41.6 cm³/mol. The van der Waals surface area contributed by atoms with Gasteiger partial charge >= 0.3 is 7.12 Å². The lowest BCUT2D eigenvalue weighted by atomic mass is 9.66. The van der Waals surface area contributed by atoms with E-state index >= 15 is 0 Å². The van der Waals surface area contributed by atoms with Crippen molar-refractivity contribution in [1.29, 1.82) is 0 Å². The van der Waals surface area contributed by atoms with Crippen LogP contribution >= 0.6 is 0 Å². The number of hydrogen-bond donors (Lipinski definition) is 2. The first-order valence-corrected chi connectivity index (χ1v) is 4.11. The second kappa shape index (κ2) is 3.40. The average Bonchev–Trinajstić information content (AvgIpc) is 2.33. The molecule has 0 spiro atoms. The van der Waals surface area contributed by atoms with E-state index in [2.05, 4.69) is 6.92 Å². The van der Waals surface area contributed by atoms with Crippen molar-refractivity contribution >= 4 is 7.12 Å². The smallest absolute Gasteiger partial charge is 0.427 e. The van der Waals surface area contributed by atoms with E-state index in [0.29, 0.717) is 5.92 Å². The van der Waals surface area contributed by atoms with Gasteiger partial charge in [0.15, 0.2) is 0 Å². The third-order valence-corrected chi connectivity index (χ3v) is 2.63. The van der Waals surface area contributed by atoms with Crippen molar-refractivity contribution in [2.24, 2.45) is 5.92 Å². The largest absolute Gasteiger partial charge is 0.455 e. The van der Waals surface area contributed by atoms with Gasteiger partial charge in [-0.25, -0.2) is 0 Å². The molecule has 0 saturated heterocycles. The zero-order valence-corrected chi connectivity index (χ0v) is 6.45. The van der Waals surface area contributed by atoms with Crippen molar-refractivity contribution in [3.63, 3.8) is 0 Å². The molecule has 0 aromatic rings. The lowest BCUT2D eigenvalue weighted by Gasteiger charge is -2.15. The van der Waals surface area contributed by atoms with Gasteiger partial charge in [-0.05, 0) is 11.7 Å². The Balaban J connectivity index is 2.42. The molecule has 3 heteroatoms. The lowest BCUT2D eigenvalue weighted by molar-refractivity contribution is 0.357. The minimum absolute atomic E-state index is 0.157. The Morgan fingerprint density at radius 2 is 2.10 bits per heavy atom. The summed E-state index contributed by atoms with van der Waals surface area (Å²) in [4.78, 5) is 0. The van der Waals surface area contributed by atoms with E-state index in [9.17, 15) is 0 Å². The topological polar surface area (TPSA) is 40.5 Å². The van der Waals surface area contributed by atoms with E-state index in [0.717, 1.165) is 12.8 Å². The molecule has 1 aliphatic rings. The van der Waals surface area contributed by atoms with Gasteiger partial charge in [-0.3, -0.25) is 0 Å². The molecular formula is C7H15BO2. The molecule has 0 heterocycles. The first kappa shape index (κ1) is 8.09. The molecule has 2 N–H and O–H groups in total. The minimum Gasteiger partial charge on any atom is -0.427 e. The average molecular weight is 142 g/mol. The molecular weight excluding hydrogens is 127 g/mol. The second-order valence-corrected chi connectivity index (χ2v) is 3.18. The molecule has 2 unspecified atom stereocenters. The second-order valence-electron chi connectivity index (χ2n) is 3.18. The molecule has 0 aromatic heterocycles. The molecule has 1 aliphatic carbocycles. The Hall–Kier alpha value is -0.0151. The molecule has 0 bridgehead atoms. The predicted octanol–water partition coefficient (Wildman–Crippen LogP) is 1.04. The third kappa shape index (κ3) is 1.52. The van der Waals surface area contributed by atoms with Gasteiger partial charge in [-0.1, -0.05) is 32.6 Å². The summed E-state index contributed by atoms with van der Waals surface area (Å²) in [5.74, 6) is 0.713. The van der Waals surface area contributed by atoms with Crippen molar-refractivity contribution in [3.8, 4) is 0 Å². The molecule has 58 valence electrons. The Kier molecular flexibility index (Phi) is 2.75. The standard InChI is InChI=1S/C7H15BO2/c1-2-6-4-3-5-7(6)8(9)10/h6-7,9-10H,2-5H2,1H3. The van der Waals surface area contributed by atoms with Crippen LogP contribution in [0.3, 0.4) is 0 Å². The van der Waals surface area contributed by atoms with Crippen LogP contribution in [0.1, 0.15) is 32.6 Å². The highest BCUT2D eigenvalue weighted by Crippen LogP contribution is 2.39. The molecule has 2 nitrogen and oxygen atoms in total. The highest BCUT2D eigenvalue weighted by atomic mass is 16.4. The fraction of sp³-hybridized carbons (Fsp3) is 1.00. The van der Waals surface area contributed by atoms with Gasteiger partial charge in [0.1, 0.15) is 0 Å². The van der Waals surface area contributed by atoms with E-state index in [4.69, 9.17) is 10.0 Å². The molecule has 10 heavy (non-hydrogen) atoms. The summed E-state index contributed by atoms with van der Waals surface area (Å²) in [6.45, 7) is 2.12. The van der Waals surface area contributed by atoms with E-state index < -0.39 is 7.12 Å². The molecule has 0 radical (unpaired) electrons. The Labute approximate surface area is 62.4 Å². The molecule has 0 amide bonds. The Bertz CT molecular complexity index is 106. The summed E-state index contributed by atoms with van der Waals surface area (Å²) in [5, 5.41) is 17.8. The van der Waals surface area contributed by atoms with E-state index in [-0.39, 0.29) is 5.82 Å². The highest BCUT2D eigenvalue weighted by Gasteiger charge is 2.34. The van der Waals surface area contributed by atoms with Crippen LogP contribution in [0, 0.1) is 5.92 Å². The molecule has 1 fully saturated rings. The highest BCUT2D eigenvalue weighted by molar-refractivity contribution is 6.43. The molecule has 2 atom stereocenters. The summed E-state index contributed by atoms with van der Waals surface area (Å²) in [7, 11) is -1.08. The van der Waals surface area contributed by atoms with Gasteiger partial charge in [0.2, 0.25) is 0 Å². The van der Waals surface area contributed by atoms with Crippen LogP contribution in [0.5, 0.6) is 0 Å². The van der Waals surface area contributed by atoms with Crippen LogP contribution in [0.15, 0.2) is 0 Å². The van der Waals surface area contributed by atoms with E-state index in [1.165, 1.54) is 12.8 Å². The summed E-state index contributed by atoms with van der Waals surface area (Å²) in [6.07, 6.45) is 4.43. The zero-order valence-electron chi connectivity index (χ0n) is 6.45. The van der Waals surface area contributed by atoms with E-state index in [1.807, 2.05) is 0 Å². The minimum atomic E-state index is -1.08. The van der Waals surface area contributed by atoms with E-state index in [1.54, 1.807) is 0 Å². The van der Waals surface area contributed by atoms with Crippen LogP contribution < -0.4 is 0 Å². The van der Waals surface area contributed by atoms with Crippen LogP contribution in [-0.2, 0) is 0 Å². The van der Waals surface area contributed by atoms with Gasteiger partial charge in [0, 0.05) is 0 Å². The van der Waals surface area contributed by atoms with Gasteiger partial charge in [-0.15, -0.1) is 0 Å². The van der Waals surface area contributed by atoms with Gasteiger partial charge < -0.3 is 10.0 Å². The van der Waals surface area contributed by atoms with Gasteiger partial charge in [-0.2, -0.15) is 0 Å². The summed E-state index contributed by atoms with van der Waals surface area (Å²) in [5.41, 5.74) is 0. The Morgan fingerprint density at radius 1 is 1.40 bits per heavy atom. The first-order valence-electron chi connectivity index (χ1n) is 4.11. The summed E-state index contributed by atoms with van der Waals surface area (Å²) in [6, 6.07) is 0. The SMILES string of the molecule is CCC1CCCC1B(O)O. The molecule has 0 aliphatic heterocycles. The van der Waals surface area contributed by atoms with Crippen molar-refractivity contribution in [2.45, 2.75) is 38.4 Å². The van der Waals surface area contributed by atoms with Crippen molar-refractivity contribution in [1.82, 2.24) is 0 Å². The van der Waals surface area contributed by atoms with Crippen LogP contribution in [0.25, 0.3) is 0 Å². The summed E-state index contributed by atoms with van der Waals surface area (Å²) < 4.78 is 0. The van der Waals surface area contributed by atoms with Gasteiger partial charge in [0.05, 0.1) is 0 Å². The maximum atomic E-state index is 8.91. The Morgan fingerprint density at radius 3 is 2.50 bits per heavy atom. The lowest BCUT2D eigenvalue weighted by Crippen LogP contribution is -2.22. The normalized spacial score (nSPS) is 32.7. The molecule has 0 aromatic carbocycles. The van der Waals surface area contributed by atoms with Crippen molar-refractivity contribution in [2.75, 3.05) is 0 Å². The molecule has 1 saturated carbocycles. The quantitative estimate of drug-likeness (QED) is 0.565. The number of hydrogen-bond acceptors (Lipinski definition) is 2. The van der Waals surface area contributed by atoms with Crippen LogP contribution in [0.2, 0.25) is 5.82 Å². The fourth-order valence-electron chi connectivity index (χ4n) is 1.96. The van der Waals surface area contributed by atoms with Crippen molar-refractivity contribution < 1.29 is 10.0 Å². The van der Waals surface area contributed by atoms with Gasteiger partial charge in [0.25, 0.3) is 0 Å². The zero-order chi connectivity index (χ0) is 7.56. The third-order valence-electron chi connectivity index (χ3n) is 2.63. The number of rotatable bonds is 2. The summed E-state index contributed by atoms with van der Waals surface area (Å²) >= 11 is 0. The first-order chi connectivity index (χ1) is 4.75. The van der Waals surface area contributed by atoms with Crippen molar-refractivity contribution in [3.05, 3.63) is 0 Å². The van der Waals surface area contributed by atoms with Crippen LogP contribution in [-0.4, -0.2) is 17.2 Å². The maximum absolute atomic E-state index is 8.91. The monoisotopic (exact) mass is 142 g/mol. The molecule has 1 rings (SSSR count). The van der Waals surface area contributed by atoms with Crippen LogP contribution in [0.4, 0.5) is 0 Å².